The zero-order chi connectivity index (χ0) is 8.97. The van der Waals surface area contributed by atoms with E-state index in [1.165, 1.54) is 0 Å². The normalized spacial score (nSPS) is 9.75. The van der Waals surface area contributed by atoms with Gasteiger partial charge in [-0.15, -0.1) is 11.6 Å². The molecule has 0 aliphatic rings. The molecule has 1 aromatic heterocycles. The molecule has 0 amide bonds. The van der Waals surface area contributed by atoms with E-state index in [1.54, 1.807) is 0 Å². The van der Waals surface area contributed by atoms with E-state index >= 15 is 0 Å². The predicted molar refractivity (Wildman–Crippen MR) is 49.2 cm³/mol. The quantitative estimate of drug-likeness (QED) is 0.660. The first-order valence-corrected chi connectivity index (χ1v) is 4.45. The lowest BCUT2D eigenvalue weighted by Gasteiger charge is -2.05. The summed E-state index contributed by atoms with van der Waals surface area (Å²) in [5.41, 5.74) is 1.84. The van der Waals surface area contributed by atoms with Crippen LogP contribution in [0.3, 0.4) is 0 Å². The van der Waals surface area contributed by atoms with Crippen LogP contribution in [0, 0.1) is 18.3 Å². The van der Waals surface area contributed by atoms with Crippen molar-refractivity contribution in [3.63, 3.8) is 0 Å². The summed E-state index contributed by atoms with van der Waals surface area (Å²) >= 11 is 5.57. The van der Waals surface area contributed by atoms with Crippen molar-refractivity contribution in [3.8, 4) is 6.07 Å². The highest BCUT2D eigenvalue weighted by Crippen LogP contribution is 2.08. The molecule has 0 aromatic carbocycles. The minimum Gasteiger partial charge on any atom is -0.337 e. The van der Waals surface area contributed by atoms with Crippen LogP contribution in [0.5, 0.6) is 0 Å². The van der Waals surface area contributed by atoms with E-state index in [4.69, 9.17) is 16.9 Å². The zero-order valence-corrected chi connectivity index (χ0v) is 7.80. The predicted octanol–water partition coefficient (Wildman–Crippen LogP) is 2.30. The van der Waals surface area contributed by atoms with Crippen LogP contribution >= 0.6 is 11.6 Å². The van der Waals surface area contributed by atoms with Crippen LogP contribution in [-0.2, 0) is 6.54 Å². The largest absolute Gasteiger partial charge is 0.337 e. The molecular formula is C9H11ClN2. The highest BCUT2D eigenvalue weighted by Gasteiger charge is 2.02. The SMILES string of the molecule is Cc1ccc(C#N)n1CCCCl. The molecule has 0 saturated carbocycles. The molecule has 0 fully saturated rings. The number of nitrogens with zero attached hydrogens (tertiary/aromatic N) is 2. The minimum atomic E-state index is 0.641. The van der Waals surface area contributed by atoms with Gasteiger partial charge in [0.15, 0.2) is 0 Å². The smallest absolute Gasteiger partial charge is 0.120 e. The molecule has 3 heteroatoms. The van der Waals surface area contributed by atoms with Crippen molar-refractivity contribution in [3.05, 3.63) is 23.5 Å². The Morgan fingerprint density at radius 2 is 2.33 bits per heavy atom. The van der Waals surface area contributed by atoms with Crippen LogP contribution in [0.2, 0.25) is 0 Å². The third-order valence-corrected chi connectivity index (χ3v) is 2.10. The molecular weight excluding hydrogens is 172 g/mol. The monoisotopic (exact) mass is 182 g/mol. The van der Waals surface area contributed by atoms with Crippen molar-refractivity contribution in [2.75, 3.05) is 5.88 Å². The average Bonchev–Trinajstić information content (AvgIpc) is 2.43. The summed E-state index contributed by atoms with van der Waals surface area (Å²) in [5, 5.41) is 8.73. The lowest BCUT2D eigenvalue weighted by Crippen LogP contribution is -2.02. The maximum atomic E-state index is 8.73. The first-order valence-electron chi connectivity index (χ1n) is 3.91. The van der Waals surface area contributed by atoms with Gasteiger partial charge in [0.1, 0.15) is 11.8 Å². The molecule has 1 aromatic rings. The number of halogens is 1. The van der Waals surface area contributed by atoms with E-state index in [1.807, 2.05) is 23.6 Å². The van der Waals surface area contributed by atoms with Crippen LogP contribution in [0.15, 0.2) is 12.1 Å². The Labute approximate surface area is 77.4 Å². The standard InChI is InChI=1S/C9H11ClN2/c1-8-3-4-9(7-11)12(8)6-2-5-10/h3-4H,2,5-6H2,1H3. The van der Waals surface area contributed by atoms with E-state index in [-0.39, 0.29) is 0 Å². The summed E-state index contributed by atoms with van der Waals surface area (Å²) in [5.74, 6) is 0.641. The number of hydrogen-bond donors (Lipinski definition) is 0. The molecule has 12 heavy (non-hydrogen) atoms. The van der Waals surface area contributed by atoms with Gasteiger partial charge in [-0.05, 0) is 25.5 Å². The number of aryl methyl sites for hydroxylation is 1. The van der Waals surface area contributed by atoms with E-state index in [0.717, 1.165) is 24.4 Å². The fraction of sp³-hybridized carbons (Fsp3) is 0.444. The zero-order valence-electron chi connectivity index (χ0n) is 7.05. The second-order valence-corrected chi connectivity index (χ2v) is 3.04. The summed E-state index contributed by atoms with van der Waals surface area (Å²) in [4.78, 5) is 0. The second-order valence-electron chi connectivity index (χ2n) is 2.67. The van der Waals surface area contributed by atoms with E-state index in [9.17, 15) is 0 Å². The van der Waals surface area contributed by atoms with Gasteiger partial charge in [-0.2, -0.15) is 5.26 Å². The molecule has 2 nitrogen and oxygen atoms in total. The van der Waals surface area contributed by atoms with Gasteiger partial charge in [0.2, 0.25) is 0 Å². The molecule has 1 rings (SSSR count). The van der Waals surface area contributed by atoms with Gasteiger partial charge in [-0.25, -0.2) is 0 Å². The molecule has 0 N–H and O–H groups in total. The van der Waals surface area contributed by atoms with Crippen LogP contribution in [-0.4, -0.2) is 10.4 Å². The molecule has 0 spiro atoms. The van der Waals surface area contributed by atoms with Crippen molar-refractivity contribution in [1.82, 2.24) is 4.57 Å². The van der Waals surface area contributed by atoms with Gasteiger partial charge in [0, 0.05) is 18.1 Å². The van der Waals surface area contributed by atoms with Crippen molar-refractivity contribution in [2.24, 2.45) is 0 Å². The minimum absolute atomic E-state index is 0.641. The third kappa shape index (κ3) is 1.80. The maximum absolute atomic E-state index is 8.73. The molecule has 0 unspecified atom stereocenters. The Kier molecular flexibility index (Phi) is 3.19. The molecule has 0 atom stereocenters. The van der Waals surface area contributed by atoms with E-state index in [2.05, 4.69) is 6.07 Å². The van der Waals surface area contributed by atoms with E-state index < -0.39 is 0 Å². The number of hydrogen-bond acceptors (Lipinski definition) is 1. The molecule has 0 aliphatic carbocycles. The number of aromatic nitrogens is 1. The van der Waals surface area contributed by atoms with Gasteiger partial charge < -0.3 is 4.57 Å². The van der Waals surface area contributed by atoms with Gasteiger partial charge in [-0.3, -0.25) is 0 Å². The summed E-state index contributed by atoms with van der Waals surface area (Å²) in [6.45, 7) is 2.83. The maximum Gasteiger partial charge on any atom is 0.120 e. The first-order chi connectivity index (χ1) is 5.79. The van der Waals surface area contributed by atoms with Crippen molar-refractivity contribution < 1.29 is 0 Å². The van der Waals surface area contributed by atoms with Gasteiger partial charge >= 0.3 is 0 Å². The second kappa shape index (κ2) is 4.18. The lowest BCUT2D eigenvalue weighted by atomic mass is 10.4. The molecule has 64 valence electrons. The number of nitriles is 1. The Hall–Kier alpha value is -0.940. The third-order valence-electron chi connectivity index (χ3n) is 1.83. The van der Waals surface area contributed by atoms with Crippen LogP contribution in [0.4, 0.5) is 0 Å². The molecule has 0 saturated heterocycles. The fourth-order valence-electron chi connectivity index (χ4n) is 1.18. The summed E-state index contributed by atoms with van der Waals surface area (Å²) in [6, 6.07) is 5.93. The van der Waals surface area contributed by atoms with Gasteiger partial charge in [-0.1, -0.05) is 0 Å². The fourth-order valence-corrected chi connectivity index (χ4v) is 1.30. The molecule has 1 heterocycles. The van der Waals surface area contributed by atoms with Crippen LogP contribution in [0.25, 0.3) is 0 Å². The van der Waals surface area contributed by atoms with E-state index in [0.29, 0.717) is 5.88 Å². The molecule has 0 aliphatic heterocycles. The van der Waals surface area contributed by atoms with Gasteiger partial charge in [0.05, 0.1) is 0 Å². The van der Waals surface area contributed by atoms with Crippen LogP contribution < -0.4 is 0 Å². The Morgan fingerprint density at radius 3 is 2.92 bits per heavy atom. The summed E-state index contributed by atoms with van der Waals surface area (Å²) < 4.78 is 1.99. The average molecular weight is 183 g/mol. The topological polar surface area (TPSA) is 28.7 Å². The molecule has 0 bridgehead atoms. The summed E-state index contributed by atoms with van der Waals surface area (Å²) in [7, 11) is 0. The van der Waals surface area contributed by atoms with Crippen molar-refractivity contribution in [2.45, 2.75) is 19.9 Å². The first kappa shape index (κ1) is 9.15. The molecule has 0 radical (unpaired) electrons. The summed E-state index contributed by atoms with van der Waals surface area (Å²) in [6.07, 6.45) is 0.908. The highest BCUT2D eigenvalue weighted by molar-refractivity contribution is 6.17. The van der Waals surface area contributed by atoms with Gasteiger partial charge in [0.25, 0.3) is 0 Å². The Bertz CT molecular complexity index is 296. The number of alkyl halides is 1. The van der Waals surface area contributed by atoms with Crippen molar-refractivity contribution >= 4 is 11.6 Å². The Balaban J connectivity index is 2.81. The van der Waals surface area contributed by atoms with Crippen LogP contribution in [0.1, 0.15) is 17.8 Å². The highest BCUT2D eigenvalue weighted by atomic mass is 35.5. The van der Waals surface area contributed by atoms with Crippen molar-refractivity contribution in [1.29, 1.82) is 5.26 Å². The number of rotatable bonds is 3. The Morgan fingerprint density at radius 1 is 1.58 bits per heavy atom. The lowest BCUT2D eigenvalue weighted by molar-refractivity contribution is 0.661.